The Morgan fingerprint density at radius 1 is 1.00 bits per heavy atom. The Hall–Kier alpha value is -4.21. The van der Waals surface area contributed by atoms with Gasteiger partial charge in [-0.25, -0.2) is 0 Å². The van der Waals surface area contributed by atoms with Crippen LogP contribution in [0.15, 0.2) is 78.9 Å². The van der Waals surface area contributed by atoms with Gasteiger partial charge in [0.1, 0.15) is 29.2 Å². The minimum Gasteiger partial charge on any atom is -0.457 e. The smallest absolute Gasteiger partial charge is 0.251 e. The lowest BCUT2D eigenvalue weighted by Crippen LogP contribution is -2.73. The first-order chi connectivity index (χ1) is 20.8. The van der Waals surface area contributed by atoms with E-state index in [9.17, 15) is 19.5 Å². The highest BCUT2D eigenvalue weighted by atomic mass is 16.5. The molecule has 3 amide bonds. The summed E-state index contributed by atoms with van der Waals surface area (Å²) in [5, 5.41) is 16.5. The van der Waals surface area contributed by atoms with Crippen LogP contribution in [0.5, 0.6) is 11.5 Å². The molecule has 2 aliphatic rings. The predicted octanol–water partition coefficient (Wildman–Crippen LogP) is 4.03. The molecule has 5 rings (SSSR count). The fourth-order valence-corrected chi connectivity index (χ4v) is 5.99. The maximum Gasteiger partial charge on any atom is 0.251 e. The van der Waals surface area contributed by atoms with Gasteiger partial charge in [0.2, 0.25) is 11.8 Å². The molecule has 3 aromatic rings. The monoisotopic (exact) mass is 584 g/mol. The number of amides is 3. The molecular formula is C34H40N4O5. The number of aliphatic hydroxyl groups excluding tert-OH is 1. The van der Waals surface area contributed by atoms with E-state index in [4.69, 9.17) is 4.74 Å². The molecule has 0 aromatic heterocycles. The van der Waals surface area contributed by atoms with Crippen LogP contribution < -0.4 is 15.4 Å². The lowest BCUT2D eigenvalue weighted by atomic mass is 9.80. The first-order valence-electron chi connectivity index (χ1n) is 15.0. The zero-order chi connectivity index (χ0) is 30.4. The van der Waals surface area contributed by atoms with E-state index < -0.39 is 17.7 Å². The van der Waals surface area contributed by atoms with Gasteiger partial charge in [0.25, 0.3) is 5.91 Å². The van der Waals surface area contributed by atoms with Crippen LogP contribution in [-0.4, -0.2) is 70.9 Å². The number of benzene rings is 3. The molecule has 0 radical (unpaired) electrons. The fourth-order valence-electron chi connectivity index (χ4n) is 5.99. The minimum atomic E-state index is -1.10. The second-order valence-electron chi connectivity index (χ2n) is 11.3. The lowest BCUT2D eigenvalue weighted by molar-refractivity contribution is -0.164. The number of nitrogens with zero attached hydrogens (tertiary/aromatic N) is 2. The number of aliphatic hydroxyl groups is 1. The van der Waals surface area contributed by atoms with Gasteiger partial charge in [-0.3, -0.25) is 19.3 Å². The quantitative estimate of drug-likeness (QED) is 0.332. The molecule has 1 spiro atoms. The third kappa shape index (κ3) is 6.58. The van der Waals surface area contributed by atoms with Crippen molar-refractivity contribution in [3.05, 3.63) is 95.6 Å². The van der Waals surface area contributed by atoms with Crippen molar-refractivity contribution < 1.29 is 24.2 Å². The Labute approximate surface area is 252 Å². The average molecular weight is 585 g/mol. The number of carbonyl (C=O) groups excluding carboxylic acids is 3. The number of piperidine rings is 1. The number of likely N-dealkylation sites (tertiary alicyclic amines) is 1. The van der Waals surface area contributed by atoms with Crippen LogP contribution in [0.1, 0.15) is 60.2 Å². The molecule has 9 nitrogen and oxygen atoms in total. The number of piperazine rings is 1. The maximum absolute atomic E-state index is 13.8. The molecule has 0 aliphatic carbocycles. The third-order valence-electron chi connectivity index (χ3n) is 8.54. The summed E-state index contributed by atoms with van der Waals surface area (Å²) >= 11 is 0. The summed E-state index contributed by atoms with van der Waals surface area (Å²) in [5.41, 5.74) is 1.40. The average Bonchev–Trinajstić information content (AvgIpc) is 3.04. The fraction of sp³-hybridized carbons (Fsp3) is 0.382. The Morgan fingerprint density at radius 3 is 2.23 bits per heavy atom. The highest BCUT2D eigenvalue weighted by Gasteiger charge is 2.54. The lowest BCUT2D eigenvalue weighted by Gasteiger charge is -2.52. The Balaban J connectivity index is 1.21. The maximum atomic E-state index is 13.8. The molecule has 2 atom stereocenters. The van der Waals surface area contributed by atoms with E-state index in [0.717, 1.165) is 24.9 Å². The van der Waals surface area contributed by atoms with Crippen molar-refractivity contribution >= 4 is 17.7 Å². The molecule has 2 fully saturated rings. The number of ether oxygens (including phenoxy) is 1. The van der Waals surface area contributed by atoms with Gasteiger partial charge in [-0.15, -0.1) is 0 Å². The van der Waals surface area contributed by atoms with Crippen LogP contribution in [0, 0.1) is 0 Å². The number of hydrogen-bond donors (Lipinski definition) is 3. The van der Waals surface area contributed by atoms with Crippen LogP contribution in [0.4, 0.5) is 0 Å². The summed E-state index contributed by atoms with van der Waals surface area (Å²) in [4.78, 5) is 43.3. The summed E-state index contributed by atoms with van der Waals surface area (Å²) in [7, 11) is 1.60. The second kappa shape index (κ2) is 13.4. The largest absolute Gasteiger partial charge is 0.457 e. The van der Waals surface area contributed by atoms with Crippen LogP contribution in [0.3, 0.4) is 0 Å². The molecule has 3 N–H and O–H groups in total. The van der Waals surface area contributed by atoms with E-state index in [1.165, 1.54) is 0 Å². The van der Waals surface area contributed by atoms with Gasteiger partial charge in [-0.1, -0.05) is 55.8 Å². The van der Waals surface area contributed by atoms with Crippen molar-refractivity contribution in [1.82, 2.24) is 20.4 Å². The molecule has 9 heteroatoms. The van der Waals surface area contributed by atoms with Crippen molar-refractivity contribution in [2.24, 2.45) is 0 Å². The van der Waals surface area contributed by atoms with Crippen molar-refractivity contribution in [1.29, 1.82) is 0 Å². The van der Waals surface area contributed by atoms with Crippen molar-refractivity contribution in [2.45, 2.75) is 56.8 Å². The van der Waals surface area contributed by atoms with E-state index in [0.29, 0.717) is 55.1 Å². The predicted molar refractivity (Wildman–Crippen MR) is 164 cm³/mol. The summed E-state index contributed by atoms with van der Waals surface area (Å²) in [6, 6.07) is 22.9. The van der Waals surface area contributed by atoms with Crippen molar-refractivity contribution in [3.63, 3.8) is 0 Å². The molecular weight excluding hydrogens is 544 g/mol. The molecule has 0 bridgehead atoms. The Morgan fingerprint density at radius 2 is 1.63 bits per heavy atom. The number of carbonyl (C=O) groups is 3. The first-order valence-corrected chi connectivity index (χ1v) is 15.0. The van der Waals surface area contributed by atoms with E-state index in [2.05, 4.69) is 22.5 Å². The van der Waals surface area contributed by atoms with Crippen molar-refractivity contribution in [2.75, 3.05) is 26.7 Å². The standard InChI is InChI=1S/C34H40N4O5/c1-3-4-20-38-32(41)29(30(39)25-8-6-5-7-9-25)36-33(42)34(38)18-21-37(22-19-34)23-24-10-14-27(15-11-24)43-28-16-12-26(13-17-28)31(40)35-2/h5-17,29-30,39H,3-4,18-23H2,1-2H3,(H,35,40)(H,36,42)/t29-,30-/m1/s1. The van der Waals surface area contributed by atoms with E-state index in [-0.39, 0.29) is 17.7 Å². The number of hydrogen-bond acceptors (Lipinski definition) is 6. The van der Waals surface area contributed by atoms with Gasteiger partial charge in [-0.2, -0.15) is 0 Å². The highest BCUT2D eigenvalue weighted by molar-refractivity contribution is 6.00. The molecule has 226 valence electrons. The molecule has 0 saturated carbocycles. The van der Waals surface area contributed by atoms with Gasteiger partial charge >= 0.3 is 0 Å². The second-order valence-corrected chi connectivity index (χ2v) is 11.3. The van der Waals surface area contributed by atoms with Gasteiger partial charge in [0.05, 0.1) is 0 Å². The van der Waals surface area contributed by atoms with Crippen LogP contribution in [-0.2, 0) is 16.1 Å². The Kier molecular flexibility index (Phi) is 9.43. The molecule has 0 unspecified atom stereocenters. The van der Waals surface area contributed by atoms with Crippen LogP contribution in [0.2, 0.25) is 0 Å². The summed E-state index contributed by atoms with van der Waals surface area (Å²) in [5.74, 6) is 0.817. The number of unbranched alkanes of at least 4 members (excludes halogenated alkanes) is 1. The third-order valence-corrected chi connectivity index (χ3v) is 8.54. The minimum absolute atomic E-state index is 0.144. The number of rotatable bonds is 10. The highest BCUT2D eigenvalue weighted by Crippen LogP contribution is 2.36. The van der Waals surface area contributed by atoms with Gasteiger partial charge < -0.3 is 25.4 Å². The molecule has 3 aromatic carbocycles. The zero-order valence-electron chi connectivity index (χ0n) is 24.8. The number of nitrogens with one attached hydrogen (secondary N) is 2. The SMILES string of the molecule is CCCCN1C(=O)[C@@H]([C@H](O)c2ccccc2)NC(=O)C12CCN(Cc1ccc(Oc3ccc(C(=O)NC)cc3)cc1)CC2. The van der Waals surface area contributed by atoms with Crippen LogP contribution in [0.25, 0.3) is 0 Å². The first kappa shape index (κ1) is 30.3. The van der Waals surface area contributed by atoms with Crippen LogP contribution >= 0.6 is 0 Å². The molecule has 2 aliphatic heterocycles. The van der Waals surface area contributed by atoms with Gasteiger partial charge in [-0.05, 0) is 66.8 Å². The Bertz CT molecular complexity index is 1400. The normalized spacial score (nSPS) is 19.1. The molecule has 43 heavy (non-hydrogen) atoms. The van der Waals surface area contributed by atoms with Gasteiger partial charge in [0.15, 0.2) is 0 Å². The summed E-state index contributed by atoms with van der Waals surface area (Å²) in [6.45, 7) is 4.63. The van der Waals surface area contributed by atoms with Gasteiger partial charge in [0, 0.05) is 38.8 Å². The van der Waals surface area contributed by atoms with E-state index >= 15 is 0 Å². The van der Waals surface area contributed by atoms with Crippen molar-refractivity contribution in [3.8, 4) is 11.5 Å². The topological polar surface area (TPSA) is 111 Å². The zero-order valence-corrected chi connectivity index (χ0v) is 24.8. The van der Waals surface area contributed by atoms with E-state index in [1.807, 2.05) is 42.5 Å². The molecule has 2 heterocycles. The summed E-state index contributed by atoms with van der Waals surface area (Å²) < 4.78 is 5.94. The molecule has 2 saturated heterocycles. The summed E-state index contributed by atoms with van der Waals surface area (Å²) in [6.07, 6.45) is 1.67. The van der Waals surface area contributed by atoms with E-state index in [1.54, 1.807) is 48.3 Å².